The van der Waals surface area contributed by atoms with E-state index >= 15 is 0 Å². The van der Waals surface area contributed by atoms with E-state index < -0.39 is 0 Å². The first-order valence-electron chi connectivity index (χ1n) is 8.03. The monoisotopic (exact) mass is 359 g/mol. The van der Waals surface area contributed by atoms with E-state index in [1.165, 1.54) is 18.5 Å². The molecule has 2 heterocycles. The number of amides is 2. The molecule has 2 amide bonds. The normalized spacial score (nSPS) is 16.9. The molecule has 0 bridgehead atoms. The van der Waals surface area contributed by atoms with Gasteiger partial charge < -0.3 is 15.4 Å². The minimum absolute atomic E-state index is 0.0132. The zero-order valence-electron chi connectivity index (χ0n) is 13.5. The van der Waals surface area contributed by atoms with Crippen LogP contribution < -0.4 is 10.0 Å². The Kier molecular flexibility index (Phi) is 5.19. The largest absolute Gasteiger partial charge is 0.619 e. The predicted octanol–water partition coefficient (Wildman–Crippen LogP) is 1.55. The van der Waals surface area contributed by atoms with E-state index in [1.54, 1.807) is 11.0 Å². The van der Waals surface area contributed by atoms with Crippen LogP contribution in [0.2, 0.25) is 5.02 Å². The first-order valence-corrected chi connectivity index (χ1v) is 8.41. The van der Waals surface area contributed by atoms with Crippen LogP contribution in [0.3, 0.4) is 0 Å². The zero-order chi connectivity index (χ0) is 17.8. The van der Waals surface area contributed by atoms with Crippen molar-refractivity contribution < 1.29 is 14.3 Å². The maximum Gasteiger partial charge on any atom is 0.257 e. The zero-order valence-corrected chi connectivity index (χ0v) is 14.3. The number of nitrogens with zero attached hydrogens (tertiary/aromatic N) is 2. The van der Waals surface area contributed by atoms with Crippen LogP contribution in [0, 0.1) is 5.21 Å². The van der Waals surface area contributed by atoms with Crippen molar-refractivity contribution in [3.8, 4) is 0 Å². The highest BCUT2D eigenvalue weighted by molar-refractivity contribution is 6.30. The second kappa shape index (κ2) is 7.53. The maximum absolute atomic E-state index is 12.2. The molecule has 0 spiro atoms. The molecule has 6 nitrogen and oxygen atoms in total. The van der Waals surface area contributed by atoms with Gasteiger partial charge in [0, 0.05) is 30.6 Å². The summed E-state index contributed by atoms with van der Waals surface area (Å²) in [5.41, 5.74) is 1.35. The van der Waals surface area contributed by atoms with Crippen molar-refractivity contribution in [1.82, 2.24) is 10.2 Å². The Bertz CT molecular complexity index is 797. The van der Waals surface area contributed by atoms with Gasteiger partial charge in [-0.2, -0.15) is 4.73 Å². The van der Waals surface area contributed by atoms with Gasteiger partial charge in [-0.25, -0.2) is 0 Å². The summed E-state index contributed by atoms with van der Waals surface area (Å²) in [5.74, 6) is -0.334. The summed E-state index contributed by atoms with van der Waals surface area (Å²) in [4.78, 5) is 26.1. The van der Waals surface area contributed by atoms with Gasteiger partial charge in [0.25, 0.3) is 5.91 Å². The summed E-state index contributed by atoms with van der Waals surface area (Å²) in [6.07, 6.45) is 3.50. The quantitative estimate of drug-likeness (QED) is 0.650. The molecule has 1 atom stereocenters. The highest BCUT2D eigenvalue weighted by Gasteiger charge is 2.30. The van der Waals surface area contributed by atoms with Crippen LogP contribution in [-0.2, 0) is 11.2 Å². The van der Waals surface area contributed by atoms with E-state index in [2.05, 4.69) is 5.32 Å². The number of aromatic nitrogens is 1. The van der Waals surface area contributed by atoms with E-state index in [0.29, 0.717) is 29.3 Å². The minimum Gasteiger partial charge on any atom is -0.619 e. The van der Waals surface area contributed by atoms with Crippen molar-refractivity contribution in [2.75, 3.05) is 13.1 Å². The molecule has 3 rings (SSSR count). The molecule has 0 aliphatic carbocycles. The Morgan fingerprint density at radius 2 is 2.20 bits per heavy atom. The molecule has 1 N–H and O–H groups in total. The summed E-state index contributed by atoms with van der Waals surface area (Å²) in [5, 5.41) is 14.7. The van der Waals surface area contributed by atoms with Gasteiger partial charge in [0.15, 0.2) is 12.4 Å². The molecule has 1 fully saturated rings. The fourth-order valence-corrected chi connectivity index (χ4v) is 3.11. The van der Waals surface area contributed by atoms with Gasteiger partial charge in [-0.3, -0.25) is 9.59 Å². The van der Waals surface area contributed by atoms with Crippen molar-refractivity contribution in [1.29, 1.82) is 0 Å². The lowest BCUT2D eigenvalue weighted by molar-refractivity contribution is -0.605. The van der Waals surface area contributed by atoms with Crippen LogP contribution in [-0.4, -0.2) is 35.8 Å². The number of rotatable bonds is 5. The van der Waals surface area contributed by atoms with Crippen molar-refractivity contribution in [2.45, 2.75) is 18.9 Å². The van der Waals surface area contributed by atoms with E-state index in [-0.39, 0.29) is 29.8 Å². The molecular weight excluding hydrogens is 342 g/mol. The summed E-state index contributed by atoms with van der Waals surface area (Å²) in [6.45, 7) is 1.05. The fourth-order valence-electron chi connectivity index (χ4n) is 2.90. The summed E-state index contributed by atoms with van der Waals surface area (Å²) in [6, 6.07) is 10.4. The molecule has 1 aliphatic rings. The van der Waals surface area contributed by atoms with Gasteiger partial charge in [-0.05, 0) is 30.2 Å². The maximum atomic E-state index is 12.2. The van der Waals surface area contributed by atoms with E-state index in [9.17, 15) is 14.8 Å². The van der Waals surface area contributed by atoms with Crippen molar-refractivity contribution in [3.05, 3.63) is 70.1 Å². The standard InChI is InChI=1S/C18H18ClN3O3/c19-15-5-1-3-13(9-15)6-8-21-12-16(10-17(21)23)20-18(24)14-4-2-7-22(25)11-14/h1-5,7,9,11,16H,6,8,10,12H2,(H,20,24)/t16-/m1/s1. The highest BCUT2D eigenvalue weighted by atomic mass is 35.5. The molecule has 0 saturated carbocycles. The number of nitrogens with one attached hydrogen (secondary N) is 1. The molecular formula is C18H18ClN3O3. The first kappa shape index (κ1) is 17.2. The number of hydrogen-bond acceptors (Lipinski definition) is 3. The number of likely N-dealkylation sites (tertiary alicyclic amines) is 1. The van der Waals surface area contributed by atoms with Gasteiger partial charge in [0.1, 0.15) is 5.56 Å². The molecule has 0 radical (unpaired) electrons. The van der Waals surface area contributed by atoms with Crippen LogP contribution in [0.25, 0.3) is 0 Å². The van der Waals surface area contributed by atoms with Crippen LogP contribution >= 0.6 is 11.6 Å². The Balaban J connectivity index is 1.54. The Morgan fingerprint density at radius 3 is 2.96 bits per heavy atom. The van der Waals surface area contributed by atoms with Crippen LogP contribution in [0.5, 0.6) is 0 Å². The average Bonchev–Trinajstić information content (AvgIpc) is 2.92. The van der Waals surface area contributed by atoms with Gasteiger partial charge in [0.2, 0.25) is 5.91 Å². The number of carbonyl (C=O) groups excluding carboxylic acids is 2. The SMILES string of the molecule is O=C(N[C@@H]1CC(=O)N(CCc2cccc(Cl)c2)C1)c1ccc[n+]([O-])c1. The number of carbonyl (C=O) groups is 2. The number of halogens is 1. The van der Waals surface area contributed by atoms with E-state index in [0.717, 1.165) is 5.56 Å². The third kappa shape index (κ3) is 4.48. The first-order chi connectivity index (χ1) is 12.0. The predicted molar refractivity (Wildman–Crippen MR) is 93.0 cm³/mol. The molecule has 1 aromatic carbocycles. The smallest absolute Gasteiger partial charge is 0.257 e. The second-order valence-corrected chi connectivity index (χ2v) is 6.48. The van der Waals surface area contributed by atoms with Crippen molar-refractivity contribution in [3.63, 3.8) is 0 Å². The molecule has 25 heavy (non-hydrogen) atoms. The average molecular weight is 360 g/mol. The van der Waals surface area contributed by atoms with Gasteiger partial charge in [0.05, 0.1) is 6.04 Å². The van der Waals surface area contributed by atoms with E-state index in [1.807, 2.05) is 24.3 Å². The van der Waals surface area contributed by atoms with Crippen molar-refractivity contribution in [2.24, 2.45) is 0 Å². The van der Waals surface area contributed by atoms with Gasteiger partial charge in [-0.1, -0.05) is 23.7 Å². The number of benzene rings is 1. The fraction of sp³-hybridized carbons (Fsp3) is 0.278. The lowest BCUT2D eigenvalue weighted by Crippen LogP contribution is -2.38. The molecule has 0 unspecified atom stereocenters. The van der Waals surface area contributed by atoms with Crippen molar-refractivity contribution >= 4 is 23.4 Å². The molecule has 1 aromatic heterocycles. The second-order valence-electron chi connectivity index (χ2n) is 6.05. The molecule has 2 aromatic rings. The lowest BCUT2D eigenvalue weighted by Gasteiger charge is -2.17. The Morgan fingerprint density at radius 1 is 1.36 bits per heavy atom. The van der Waals surface area contributed by atoms with E-state index in [4.69, 9.17) is 11.6 Å². The minimum atomic E-state index is -0.348. The molecule has 130 valence electrons. The third-order valence-electron chi connectivity index (χ3n) is 4.15. The lowest BCUT2D eigenvalue weighted by atomic mass is 10.1. The van der Waals surface area contributed by atoms with Crippen LogP contribution in [0.1, 0.15) is 22.3 Å². The third-order valence-corrected chi connectivity index (χ3v) is 4.38. The molecule has 1 saturated heterocycles. The number of hydrogen-bond donors (Lipinski definition) is 1. The van der Waals surface area contributed by atoms with Gasteiger partial charge in [-0.15, -0.1) is 0 Å². The topological polar surface area (TPSA) is 76.4 Å². The van der Waals surface area contributed by atoms with Crippen LogP contribution in [0.15, 0.2) is 48.8 Å². The summed E-state index contributed by atoms with van der Waals surface area (Å²) in [7, 11) is 0. The van der Waals surface area contributed by atoms with Crippen LogP contribution in [0.4, 0.5) is 0 Å². The molecule has 1 aliphatic heterocycles. The Labute approximate surface area is 150 Å². The summed E-state index contributed by atoms with van der Waals surface area (Å²) >= 11 is 5.97. The Hall–Kier alpha value is -2.60. The highest BCUT2D eigenvalue weighted by Crippen LogP contribution is 2.15. The summed E-state index contributed by atoms with van der Waals surface area (Å²) < 4.78 is 0.575. The van der Waals surface area contributed by atoms with Gasteiger partial charge >= 0.3 is 0 Å². The number of pyridine rings is 1. The molecule has 7 heteroatoms.